The summed E-state index contributed by atoms with van der Waals surface area (Å²) in [5, 5.41) is 5.82. The molecule has 1 fully saturated rings. The van der Waals surface area contributed by atoms with Gasteiger partial charge in [-0.3, -0.25) is 14.5 Å². The van der Waals surface area contributed by atoms with Gasteiger partial charge in [0, 0.05) is 22.2 Å². The fraction of sp³-hybridized carbons (Fsp3) is 0.357. The van der Waals surface area contributed by atoms with Gasteiger partial charge in [0.1, 0.15) is 12.1 Å². The largest absolute Gasteiger partial charge is 0.355 e. The van der Waals surface area contributed by atoms with E-state index >= 15 is 0 Å². The molecule has 1 saturated heterocycles. The Morgan fingerprint density at radius 2 is 2.05 bits per heavy atom. The predicted octanol–water partition coefficient (Wildman–Crippen LogP) is 1.90. The van der Waals surface area contributed by atoms with E-state index in [9.17, 15) is 14.4 Å². The van der Waals surface area contributed by atoms with Crippen LogP contribution in [-0.2, 0) is 15.1 Å². The monoisotopic (exact) mass is 343 g/mol. The van der Waals surface area contributed by atoms with Gasteiger partial charge >= 0.3 is 6.03 Å². The van der Waals surface area contributed by atoms with E-state index in [0.29, 0.717) is 17.1 Å². The van der Waals surface area contributed by atoms with Crippen LogP contribution in [0.4, 0.5) is 4.79 Å². The van der Waals surface area contributed by atoms with Crippen LogP contribution in [0.1, 0.15) is 19.4 Å². The fourth-order valence-corrected chi connectivity index (χ4v) is 2.91. The highest BCUT2D eigenvalue weighted by Crippen LogP contribution is 2.34. The van der Waals surface area contributed by atoms with Crippen molar-refractivity contribution in [2.24, 2.45) is 0 Å². The second kappa shape index (κ2) is 6.14. The van der Waals surface area contributed by atoms with E-state index in [1.54, 1.807) is 26.0 Å². The number of rotatable bonds is 4. The lowest BCUT2D eigenvalue weighted by Crippen LogP contribution is -2.43. The van der Waals surface area contributed by atoms with Crippen molar-refractivity contribution in [1.29, 1.82) is 0 Å². The number of nitrogens with zero attached hydrogens (tertiary/aromatic N) is 1. The summed E-state index contributed by atoms with van der Waals surface area (Å²) < 4.78 is 0. The molecule has 0 spiro atoms. The van der Waals surface area contributed by atoms with E-state index in [1.165, 1.54) is 6.07 Å². The zero-order valence-electron chi connectivity index (χ0n) is 12.1. The Morgan fingerprint density at radius 1 is 1.36 bits per heavy atom. The maximum absolute atomic E-state index is 12.6. The third-order valence-electron chi connectivity index (χ3n) is 3.42. The van der Waals surface area contributed by atoms with E-state index < -0.39 is 23.4 Å². The number of hydrogen-bond acceptors (Lipinski definition) is 3. The van der Waals surface area contributed by atoms with Gasteiger partial charge in [-0.15, -0.1) is 0 Å². The molecule has 0 aromatic heterocycles. The Morgan fingerprint density at radius 3 is 2.64 bits per heavy atom. The normalized spacial score (nSPS) is 21.0. The number of imide groups is 1. The van der Waals surface area contributed by atoms with E-state index in [1.807, 2.05) is 0 Å². The van der Waals surface area contributed by atoms with Crippen molar-refractivity contribution in [2.75, 3.05) is 13.1 Å². The lowest BCUT2D eigenvalue weighted by Gasteiger charge is -2.23. The molecule has 2 rings (SSSR count). The number of likely N-dealkylation sites (N-methyl/N-ethyl adjacent to an activating group) is 1. The Bertz CT molecular complexity index is 650. The van der Waals surface area contributed by atoms with Crippen molar-refractivity contribution < 1.29 is 14.4 Å². The lowest BCUT2D eigenvalue weighted by molar-refractivity contribution is -0.134. The zero-order valence-corrected chi connectivity index (χ0v) is 13.6. The van der Waals surface area contributed by atoms with Gasteiger partial charge in [-0.05, 0) is 26.0 Å². The quantitative estimate of drug-likeness (QED) is 0.819. The van der Waals surface area contributed by atoms with Gasteiger partial charge in [-0.25, -0.2) is 4.79 Å². The predicted molar refractivity (Wildman–Crippen MR) is 82.7 cm³/mol. The molecule has 1 aromatic carbocycles. The van der Waals surface area contributed by atoms with Crippen LogP contribution in [0.3, 0.4) is 0 Å². The average molecular weight is 344 g/mol. The molecule has 1 aliphatic heterocycles. The minimum absolute atomic E-state index is 0.267. The van der Waals surface area contributed by atoms with E-state index in [-0.39, 0.29) is 11.6 Å². The highest BCUT2D eigenvalue weighted by molar-refractivity contribution is 6.35. The zero-order chi connectivity index (χ0) is 16.5. The molecule has 8 heteroatoms. The van der Waals surface area contributed by atoms with Crippen molar-refractivity contribution in [3.63, 3.8) is 0 Å². The molecule has 0 bridgehead atoms. The Labute approximate surface area is 137 Å². The second-order valence-electron chi connectivity index (χ2n) is 5.02. The van der Waals surface area contributed by atoms with Gasteiger partial charge in [-0.2, -0.15) is 0 Å². The molecular formula is C14H15Cl2N3O3. The summed E-state index contributed by atoms with van der Waals surface area (Å²) in [6, 6.07) is 4.03. The van der Waals surface area contributed by atoms with Crippen LogP contribution in [0, 0.1) is 0 Å². The van der Waals surface area contributed by atoms with Crippen LogP contribution < -0.4 is 10.6 Å². The Hall–Kier alpha value is -1.79. The van der Waals surface area contributed by atoms with E-state index in [2.05, 4.69) is 10.6 Å². The molecule has 0 radical (unpaired) electrons. The molecule has 4 amide bonds. The van der Waals surface area contributed by atoms with Crippen LogP contribution in [-0.4, -0.2) is 35.8 Å². The van der Waals surface area contributed by atoms with Gasteiger partial charge in [0.2, 0.25) is 5.91 Å². The average Bonchev–Trinajstić information content (AvgIpc) is 2.63. The molecule has 0 aliphatic carbocycles. The summed E-state index contributed by atoms with van der Waals surface area (Å²) in [6.45, 7) is 3.38. The van der Waals surface area contributed by atoms with Crippen LogP contribution in [0.25, 0.3) is 0 Å². The SMILES string of the molecule is CCNC(=O)CN1C(=O)N[C@@](C)(c2ccc(Cl)cc2Cl)C1=O. The summed E-state index contributed by atoms with van der Waals surface area (Å²) in [5.41, 5.74) is -0.902. The van der Waals surface area contributed by atoms with Crippen molar-refractivity contribution in [3.05, 3.63) is 33.8 Å². The Kier molecular flexibility index (Phi) is 4.63. The summed E-state index contributed by atoms with van der Waals surface area (Å²) in [7, 11) is 0. The number of carbonyl (C=O) groups is 3. The minimum Gasteiger partial charge on any atom is -0.355 e. The molecule has 22 heavy (non-hydrogen) atoms. The molecule has 1 aromatic rings. The van der Waals surface area contributed by atoms with Gasteiger partial charge in [0.25, 0.3) is 5.91 Å². The maximum Gasteiger partial charge on any atom is 0.325 e. The number of benzene rings is 1. The number of hydrogen-bond donors (Lipinski definition) is 2. The molecular weight excluding hydrogens is 329 g/mol. The van der Waals surface area contributed by atoms with Gasteiger partial charge < -0.3 is 10.6 Å². The summed E-state index contributed by atoms with van der Waals surface area (Å²) >= 11 is 12.0. The van der Waals surface area contributed by atoms with Crippen LogP contribution in [0.5, 0.6) is 0 Å². The first-order valence-corrected chi connectivity index (χ1v) is 7.41. The third kappa shape index (κ3) is 2.89. The first-order valence-electron chi connectivity index (χ1n) is 6.66. The van der Waals surface area contributed by atoms with E-state index in [0.717, 1.165) is 4.90 Å². The number of amides is 4. The molecule has 2 N–H and O–H groups in total. The molecule has 1 aliphatic rings. The maximum atomic E-state index is 12.6. The van der Waals surface area contributed by atoms with Crippen molar-refractivity contribution >= 4 is 41.0 Å². The standard InChI is InChI=1S/C14H15Cl2N3O3/c1-3-17-11(20)7-19-12(21)14(2,18-13(19)22)9-5-4-8(15)6-10(9)16/h4-6H,3,7H2,1-2H3,(H,17,20)(H,18,22)/t14-/m0/s1. The van der Waals surface area contributed by atoms with Crippen molar-refractivity contribution in [2.45, 2.75) is 19.4 Å². The highest BCUT2D eigenvalue weighted by Gasteiger charge is 2.50. The van der Waals surface area contributed by atoms with Crippen LogP contribution in [0.15, 0.2) is 18.2 Å². The molecule has 118 valence electrons. The fourth-order valence-electron chi connectivity index (χ4n) is 2.31. The lowest BCUT2D eigenvalue weighted by atomic mass is 9.92. The molecule has 0 saturated carbocycles. The molecule has 6 nitrogen and oxygen atoms in total. The van der Waals surface area contributed by atoms with Crippen LogP contribution >= 0.6 is 23.2 Å². The topological polar surface area (TPSA) is 78.5 Å². The minimum atomic E-state index is -1.33. The summed E-state index contributed by atoms with van der Waals surface area (Å²) in [5.74, 6) is -0.939. The van der Waals surface area contributed by atoms with Crippen molar-refractivity contribution in [1.82, 2.24) is 15.5 Å². The molecule has 1 atom stereocenters. The van der Waals surface area contributed by atoms with Gasteiger partial charge in [0.05, 0.1) is 0 Å². The number of urea groups is 1. The van der Waals surface area contributed by atoms with Gasteiger partial charge in [-0.1, -0.05) is 29.3 Å². The Balaban J connectivity index is 2.31. The first kappa shape index (κ1) is 16.6. The number of nitrogens with one attached hydrogen (secondary N) is 2. The van der Waals surface area contributed by atoms with Crippen molar-refractivity contribution in [3.8, 4) is 0 Å². The van der Waals surface area contributed by atoms with E-state index in [4.69, 9.17) is 23.2 Å². The number of carbonyl (C=O) groups excluding carboxylic acids is 3. The van der Waals surface area contributed by atoms with Gasteiger partial charge in [0.15, 0.2) is 0 Å². The first-order chi connectivity index (χ1) is 10.3. The third-order valence-corrected chi connectivity index (χ3v) is 3.97. The summed E-state index contributed by atoms with van der Waals surface area (Å²) in [4.78, 5) is 37.1. The number of halogens is 2. The highest BCUT2D eigenvalue weighted by atomic mass is 35.5. The summed E-state index contributed by atoms with van der Waals surface area (Å²) in [6.07, 6.45) is 0. The second-order valence-corrected chi connectivity index (χ2v) is 5.87. The molecule has 1 heterocycles. The molecule has 0 unspecified atom stereocenters. The van der Waals surface area contributed by atoms with Crippen LogP contribution in [0.2, 0.25) is 10.0 Å². The smallest absolute Gasteiger partial charge is 0.325 e.